The molecule has 1 aliphatic rings. The van der Waals surface area contributed by atoms with E-state index in [1.165, 1.54) is 22.3 Å². The second-order valence-corrected chi connectivity index (χ2v) is 5.06. The Hall–Kier alpha value is -1.31. The Morgan fingerprint density at radius 2 is 1.69 bits per heavy atom. The molecule has 1 aromatic rings. The fourth-order valence-corrected chi connectivity index (χ4v) is 2.23. The van der Waals surface area contributed by atoms with Crippen LogP contribution in [0.3, 0.4) is 0 Å². The van der Waals surface area contributed by atoms with Crippen LogP contribution in [0.25, 0.3) is 0 Å². The van der Waals surface area contributed by atoms with Crippen molar-refractivity contribution in [1.82, 2.24) is 0 Å². The summed E-state index contributed by atoms with van der Waals surface area (Å²) < 4.78 is 0. The van der Waals surface area contributed by atoms with E-state index in [2.05, 4.69) is 45.0 Å². The lowest BCUT2D eigenvalue weighted by molar-refractivity contribution is -0.00747. The van der Waals surface area contributed by atoms with Crippen molar-refractivity contribution in [2.45, 2.75) is 46.6 Å². The van der Waals surface area contributed by atoms with Crippen LogP contribution in [0.2, 0.25) is 0 Å². The van der Waals surface area contributed by atoms with Crippen molar-refractivity contribution in [2.24, 2.45) is 5.16 Å². The maximum absolute atomic E-state index is 5.58. The van der Waals surface area contributed by atoms with Gasteiger partial charge in [-0.2, -0.15) is 0 Å². The van der Waals surface area contributed by atoms with Crippen LogP contribution in [-0.2, 0) is 10.4 Å². The first-order valence-electron chi connectivity index (χ1n) is 5.72. The van der Waals surface area contributed by atoms with Gasteiger partial charge in [-0.05, 0) is 56.9 Å². The van der Waals surface area contributed by atoms with Gasteiger partial charge >= 0.3 is 0 Å². The van der Waals surface area contributed by atoms with Gasteiger partial charge in [0.05, 0.1) is 5.71 Å². The van der Waals surface area contributed by atoms with Crippen LogP contribution >= 0.6 is 0 Å². The molecule has 0 fully saturated rings. The number of benzene rings is 1. The molecule has 1 aliphatic heterocycles. The standard InChI is InChI=1S/C14H19NO/c1-9-6-13(7-10(2)12(9)4)14(5)8-11(3)15-16-14/h6-7H,8H2,1-5H3. The van der Waals surface area contributed by atoms with Crippen LogP contribution in [0.1, 0.15) is 42.5 Å². The van der Waals surface area contributed by atoms with Gasteiger partial charge in [0.25, 0.3) is 0 Å². The molecule has 1 aromatic carbocycles. The van der Waals surface area contributed by atoms with Crippen molar-refractivity contribution in [3.05, 3.63) is 34.4 Å². The highest BCUT2D eigenvalue weighted by Crippen LogP contribution is 2.35. The molecule has 0 saturated heterocycles. The first-order chi connectivity index (χ1) is 7.42. The van der Waals surface area contributed by atoms with Gasteiger partial charge in [-0.25, -0.2) is 0 Å². The fourth-order valence-electron chi connectivity index (χ4n) is 2.23. The average molecular weight is 217 g/mol. The normalized spacial score (nSPS) is 24.2. The lowest BCUT2D eigenvalue weighted by atomic mass is 9.87. The van der Waals surface area contributed by atoms with Crippen LogP contribution in [0, 0.1) is 20.8 Å². The molecule has 0 amide bonds. The van der Waals surface area contributed by atoms with Gasteiger partial charge < -0.3 is 4.84 Å². The summed E-state index contributed by atoms with van der Waals surface area (Å²) in [4.78, 5) is 5.58. The van der Waals surface area contributed by atoms with E-state index in [1.807, 2.05) is 6.92 Å². The minimum atomic E-state index is -0.271. The maximum Gasteiger partial charge on any atom is 0.165 e. The van der Waals surface area contributed by atoms with Gasteiger partial charge in [0.15, 0.2) is 5.60 Å². The van der Waals surface area contributed by atoms with Gasteiger partial charge in [0.2, 0.25) is 0 Å². The molecule has 0 aliphatic carbocycles. The van der Waals surface area contributed by atoms with Crippen molar-refractivity contribution in [2.75, 3.05) is 0 Å². The van der Waals surface area contributed by atoms with Gasteiger partial charge in [0.1, 0.15) is 0 Å². The maximum atomic E-state index is 5.58. The summed E-state index contributed by atoms with van der Waals surface area (Å²) in [5, 5.41) is 4.06. The molecule has 0 spiro atoms. The van der Waals surface area contributed by atoms with Gasteiger partial charge in [-0.1, -0.05) is 17.3 Å². The molecule has 1 atom stereocenters. The third-order valence-electron chi connectivity index (χ3n) is 3.53. The molecule has 1 heterocycles. The van der Waals surface area contributed by atoms with Gasteiger partial charge in [-0.3, -0.25) is 0 Å². The Morgan fingerprint density at radius 3 is 2.12 bits per heavy atom. The highest BCUT2D eigenvalue weighted by Gasteiger charge is 2.34. The van der Waals surface area contributed by atoms with E-state index in [9.17, 15) is 0 Å². The minimum absolute atomic E-state index is 0.271. The predicted molar refractivity (Wildman–Crippen MR) is 66.8 cm³/mol. The molecule has 86 valence electrons. The van der Waals surface area contributed by atoms with E-state index < -0.39 is 0 Å². The quantitative estimate of drug-likeness (QED) is 0.704. The largest absolute Gasteiger partial charge is 0.384 e. The van der Waals surface area contributed by atoms with Crippen molar-refractivity contribution < 1.29 is 4.84 Å². The summed E-state index contributed by atoms with van der Waals surface area (Å²) >= 11 is 0. The minimum Gasteiger partial charge on any atom is -0.384 e. The van der Waals surface area contributed by atoms with E-state index >= 15 is 0 Å². The second kappa shape index (κ2) is 3.62. The van der Waals surface area contributed by atoms with Crippen LogP contribution in [0.5, 0.6) is 0 Å². The monoisotopic (exact) mass is 217 g/mol. The molecule has 2 nitrogen and oxygen atoms in total. The summed E-state index contributed by atoms with van der Waals surface area (Å²) in [5.41, 5.74) is 6.04. The Balaban J connectivity index is 2.42. The zero-order chi connectivity index (χ0) is 11.9. The molecular weight excluding hydrogens is 198 g/mol. The SMILES string of the molecule is CC1=NOC(C)(c2cc(C)c(C)c(C)c2)C1. The smallest absolute Gasteiger partial charge is 0.165 e. The molecule has 2 rings (SSSR count). The summed E-state index contributed by atoms with van der Waals surface area (Å²) in [7, 11) is 0. The van der Waals surface area contributed by atoms with Crippen molar-refractivity contribution in [1.29, 1.82) is 0 Å². The lowest BCUT2D eigenvalue weighted by Crippen LogP contribution is -2.21. The van der Waals surface area contributed by atoms with Crippen LogP contribution in [-0.4, -0.2) is 5.71 Å². The molecule has 0 bridgehead atoms. The zero-order valence-corrected chi connectivity index (χ0v) is 10.7. The third kappa shape index (κ3) is 1.73. The molecule has 0 saturated carbocycles. The highest BCUT2D eigenvalue weighted by atomic mass is 16.7. The van der Waals surface area contributed by atoms with Gasteiger partial charge in [-0.15, -0.1) is 0 Å². The molecule has 16 heavy (non-hydrogen) atoms. The summed E-state index contributed by atoms with van der Waals surface area (Å²) in [6.07, 6.45) is 0.884. The molecule has 0 radical (unpaired) electrons. The first-order valence-corrected chi connectivity index (χ1v) is 5.72. The molecule has 0 aromatic heterocycles. The number of aryl methyl sites for hydroxylation is 2. The molecular formula is C14H19NO. The highest BCUT2D eigenvalue weighted by molar-refractivity contribution is 5.83. The number of rotatable bonds is 1. The predicted octanol–water partition coefficient (Wildman–Crippen LogP) is 3.62. The second-order valence-electron chi connectivity index (χ2n) is 5.06. The van der Waals surface area contributed by atoms with Crippen LogP contribution in [0.4, 0.5) is 0 Å². The Morgan fingerprint density at radius 1 is 1.12 bits per heavy atom. The van der Waals surface area contributed by atoms with Crippen molar-refractivity contribution in [3.63, 3.8) is 0 Å². The summed E-state index contributed by atoms with van der Waals surface area (Å²) in [6, 6.07) is 4.44. The van der Waals surface area contributed by atoms with E-state index in [0.717, 1.165) is 12.1 Å². The summed E-state index contributed by atoms with van der Waals surface area (Å²) in [6.45, 7) is 10.6. The van der Waals surface area contributed by atoms with Crippen molar-refractivity contribution in [3.8, 4) is 0 Å². The van der Waals surface area contributed by atoms with Gasteiger partial charge in [0, 0.05) is 6.42 Å². The van der Waals surface area contributed by atoms with E-state index in [0.29, 0.717) is 0 Å². The number of oxime groups is 1. The van der Waals surface area contributed by atoms with Crippen LogP contribution in [0.15, 0.2) is 17.3 Å². The topological polar surface area (TPSA) is 21.6 Å². The fraction of sp³-hybridized carbons (Fsp3) is 0.500. The van der Waals surface area contributed by atoms with E-state index in [-0.39, 0.29) is 5.60 Å². The first kappa shape index (κ1) is 11.2. The lowest BCUT2D eigenvalue weighted by Gasteiger charge is -2.23. The summed E-state index contributed by atoms with van der Waals surface area (Å²) in [5.74, 6) is 0. The Labute approximate surface area is 97.3 Å². The Kier molecular flexibility index (Phi) is 2.53. The molecule has 2 heteroatoms. The van der Waals surface area contributed by atoms with Crippen LogP contribution < -0.4 is 0 Å². The number of hydrogen-bond acceptors (Lipinski definition) is 2. The average Bonchev–Trinajstić information content (AvgIpc) is 2.56. The Bertz CT molecular complexity index is 439. The molecule has 0 N–H and O–H groups in total. The zero-order valence-electron chi connectivity index (χ0n) is 10.7. The van der Waals surface area contributed by atoms with Crippen molar-refractivity contribution >= 4 is 5.71 Å². The third-order valence-corrected chi connectivity index (χ3v) is 3.53. The number of nitrogens with zero attached hydrogens (tertiary/aromatic N) is 1. The van der Waals surface area contributed by atoms with E-state index in [4.69, 9.17) is 4.84 Å². The van der Waals surface area contributed by atoms with E-state index in [1.54, 1.807) is 0 Å². The molecule has 1 unspecified atom stereocenters. The number of hydrogen-bond donors (Lipinski definition) is 0.